The van der Waals surface area contributed by atoms with E-state index >= 15 is 0 Å². The van der Waals surface area contributed by atoms with Crippen molar-refractivity contribution in [3.8, 4) is 45.3 Å². The van der Waals surface area contributed by atoms with Gasteiger partial charge in [0.2, 0.25) is 11.9 Å². The summed E-state index contributed by atoms with van der Waals surface area (Å²) in [5.74, 6) is 1.69. The van der Waals surface area contributed by atoms with Crippen LogP contribution in [0.4, 0.5) is 92.8 Å². The van der Waals surface area contributed by atoms with E-state index in [1.807, 2.05) is 45.9 Å². The number of carbonyl (C=O) groups excluding carboxylic acids is 3. The predicted octanol–water partition coefficient (Wildman–Crippen LogP) is 10.9. The normalized spacial score (nSPS) is 17.3. The zero-order chi connectivity index (χ0) is 74.0. The minimum Gasteiger partial charge on any atom is -0.488 e. The highest BCUT2D eigenvalue weighted by Crippen LogP contribution is 2.47. The highest BCUT2D eigenvalue weighted by atomic mass is 35.5. The van der Waals surface area contributed by atoms with Gasteiger partial charge >= 0.3 is 30.4 Å². The van der Waals surface area contributed by atoms with Crippen LogP contribution in [0.1, 0.15) is 41.6 Å². The van der Waals surface area contributed by atoms with Crippen LogP contribution in [0.2, 0.25) is 10.0 Å². The molecule has 105 heavy (non-hydrogen) atoms. The highest BCUT2D eigenvalue weighted by molar-refractivity contribution is 6.34. The standard InChI is InChI=1S/2C24H22ClF3N6O4.C22H22N6O/c2*25-18-7-19-21(31-20(18)13-2-1-3-14(6-13)24(26,27)28)34(15-4-5-33(19)10-15)23(37)32-22-29-8-17(9-30-22)38-12-16(36)11-35;1-14-10-19(16-5-8-24-15(2)11-16)26-21-20(14)27-9-6-18(13-27)28(21)22(29)25-17-4-3-7-23-12-17/h2*1-3,6-9,15-16,35-36H,4-5,10-12H2,(H,29,30,32,37);3-5,7-8,10-12,18H,6,9,13H2,1-2H3,(H,25,29)/t15-,16+;15-,16-;18-/m000/s1. The van der Waals surface area contributed by atoms with E-state index in [0.29, 0.717) is 56.1 Å². The van der Waals surface area contributed by atoms with Gasteiger partial charge in [0.1, 0.15) is 25.4 Å². The zero-order valence-electron chi connectivity index (χ0n) is 55.8. The molecule has 546 valence electrons. The lowest BCUT2D eigenvalue weighted by Gasteiger charge is -2.37. The molecule has 2 aromatic carbocycles. The van der Waals surface area contributed by atoms with Crippen LogP contribution in [0.3, 0.4) is 0 Å². The number of hydrogen-bond acceptors (Lipinski definition) is 21. The first-order valence-corrected chi connectivity index (χ1v) is 33.8. The molecule has 7 aromatic heterocycles. The molecule has 6 aliphatic rings. The molecule has 13 heterocycles. The first-order valence-electron chi connectivity index (χ1n) is 33.0. The molecule has 3 saturated heterocycles. The summed E-state index contributed by atoms with van der Waals surface area (Å²) in [4.78, 5) is 89.8. The second-order valence-corrected chi connectivity index (χ2v) is 26.1. The number of anilines is 9. The Morgan fingerprint density at radius 1 is 0.543 bits per heavy atom. The summed E-state index contributed by atoms with van der Waals surface area (Å²) in [6.45, 7) is 7.00. The molecule has 35 heteroatoms. The van der Waals surface area contributed by atoms with E-state index in [9.17, 15) is 50.9 Å². The third-order valence-electron chi connectivity index (χ3n) is 18.0. The molecule has 0 spiro atoms. The number of aliphatic hydroxyl groups excluding tert-OH is 4. The van der Waals surface area contributed by atoms with Gasteiger partial charge < -0.3 is 49.9 Å². The summed E-state index contributed by atoms with van der Waals surface area (Å²) in [6.07, 6.45) is 1.41. The van der Waals surface area contributed by atoms with Crippen molar-refractivity contribution in [1.82, 2.24) is 44.9 Å². The lowest BCUT2D eigenvalue weighted by Crippen LogP contribution is -2.48. The van der Waals surface area contributed by atoms with Crippen LogP contribution in [0.5, 0.6) is 11.5 Å². The Balaban J connectivity index is 0.000000141. The zero-order valence-corrected chi connectivity index (χ0v) is 57.4. The molecule has 5 atom stereocenters. The summed E-state index contributed by atoms with van der Waals surface area (Å²) in [7, 11) is 0. The predicted molar refractivity (Wildman–Crippen MR) is 378 cm³/mol. The molecule has 15 rings (SSSR count). The number of halogens is 8. The summed E-state index contributed by atoms with van der Waals surface area (Å²) in [5.41, 5.74) is 5.77. The van der Waals surface area contributed by atoms with Crippen molar-refractivity contribution >= 4 is 93.4 Å². The largest absolute Gasteiger partial charge is 0.488 e. The number of rotatable bonds is 14. The van der Waals surface area contributed by atoms with Gasteiger partial charge in [-0.15, -0.1) is 0 Å². The fourth-order valence-electron chi connectivity index (χ4n) is 13.0. The number of carbonyl (C=O) groups is 3. The molecule has 6 aliphatic heterocycles. The van der Waals surface area contributed by atoms with Crippen molar-refractivity contribution in [2.45, 2.75) is 75.8 Å². The molecule has 27 nitrogen and oxygen atoms in total. The van der Waals surface area contributed by atoms with Crippen molar-refractivity contribution in [3.05, 3.63) is 167 Å². The van der Waals surface area contributed by atoms with E-state index in [1.54, 1.807) is 30.7 Å². The second kappa shape index (κ2) is 30.5. The van der Waals surface area contributed by atoms with Crippen LogP contribution in [-0.2, 0) is 12.4 Å². The molecule has 0 unspecified atom stereocenters. The number of nitrogens with zero attached hydrogens (tertiary/aromatic N) is 15. The number of fused-ring (bicyclic) bond motifs is 12. The van der Waals surface area contributed by atoms with E-state index < -0.39 is 61.0 Å². The number of urea groups is 3. The molecule has 9 aromatic rings. The minimum absolute atomic E-state index is 0.0147. The van der Waals surface area contributed by atoms with Crippen molar-refractivity contribution in [3.63, 3.8) is 0 Å². The van der Waals surface area contributed by atoms with Crippen molar-refractivity contribution in [2.24, 2.45) is 0 Å². The maximum absolute atomic E-state index is 13.4. The maximum atomic E-state index is 13.4. The number of benzene rings is 2. The fraction of sp³-hybridized carbons (Fsp3) is 0.314. The summed E-state index contributed by atoms with van der Waals surface area (Å²) < 4.78 is 90.3. The van der Waals surface area contributed by atoms with Crippen LogP contribution in [0.15, 0.2) is 134 Å². The van der Waals surface area contributed by atoms with E-state index in [2.05, 4.69) is 73.7 Å². The Kier molecular flexibility index (Phi) is 21.0. The van der Waals surface area contributed by atoms with Crippen molar-refractivity contribution in [2.75, 3.05) is 111 Å². The van der Waals surface area contributed by atoms with E-state index in [4.69, 9.17) is 47.9 Å². The number of hydrogen-bond donors (Lipinski definition) is 7. The Morgan fingerprint density at radius 2 is 1.01 bits per heavy atom. The third kappa shape index (κ3) is 16.0. The number of pyridine rings is 5. The van der Waals surface area contributed by atoms with Crippen LogP contribution in [0, 0.1) is 13.8 Å². The topological polar surface area (TPSA) is 322 Å². The molecular formula is C70H66Cl2F6N18O9. The lowest BCUT2D eigenvalue weighted by molar-refractivity contribution is -0.138. The number of alkyl halides is 6. The van der Waals surface area contributed by atoms with Gasteiger partial charge in [-0.05, 0) is 105 Å². The fourth-order valence-corrected chi connectivity index (χ4v) is 13.6. The molecule has 6 amide bonds. The third-order valence-corrected chi connectivity index (χ3v) is 18.6. The van der Waals surface area contributed by atoms with Crippen molar-refractivity contribution < 1.29 is 70.6 Å². The van der Waals surface area contributed by atoms with Crippen LogP contribution in [-0.4, -0.2) is 179 Å². The maximum Gasteiger partial charge on any atom is 0.416 e. The number of nitrogens with one attached hydrogen (secondary N) is 3. The Hall–Kier alpha value is -10.8. The average molecular weight is 1490 g/mol. The van der Waals surface area contributed by atoms with Gasteiger partial charge in [-0.2, -0.15) is 26.3 Å². The minimum atomic E-state index is -4.54. The number of ether oxygens (including phenoxy) is 2. The summed E-state index contributed by atoms with van der Waals surface area (Å²) in [6, 6.07) is 20.7. The second-order valence-electron chi connectivity index (χ2n) is 25.2. The van der Waals surface area contributed by atoms with Crippen molar-refractivity contribution in [1.29, 1.82) is 0 Å². The van der Waals surface area contributed by atoms with Gasteiger partial charge in [0.25, 0.3) is 0 Å². The smallest absolute Gasteiger partial charge is 0.416 e. The van der Waals surface area contributed by atoms with Gasteiger partial charge in [0, 0.05) is 74.0 Å². The molecule has 0 radical (unpaired) electrons. The Morgan fingerprint density at radius 3 is 1.47 bits per heavy atom. The summed E-state index contributed by atoms with van der Waals surface area (Å²) in [5, 5.41) is 45.0. The summed E-state index contributed by atoms with van der Waals surface area (Å²) >= 11 is 12.9. The molecule has 7 N–H and O–H groups in total. The molecule has 0 saturated carbocycles. The van der Waals surface area contributed by atoms with Gasteiger partial charge in [-0.1, -0.05) is 47.5 Å². The van der Waals surface area contributed by atoms with Gasteiger partial charge in [-0.3, -0.25) is 35.3 Å². The average Bonchev–Trinajstić information content (AvgIpc) is 1.70. The van der Waals surface area contributed by atoms with Crippen LogP contribution in [0.25, 0.3) is 33.8 Å². The number of aliphatic hydroxyl groups is 4. The van der Waals surface area contributed by atoms with Crippen LogP contribution < -0.4 is 54.8 Å². The first kappa shape index (κ1) is 72.5. The number of amides is 6. The highest BCUT2D eigenvalue weighted by Gasteiger charge is 2.45. The van der Waals surface area contributed by atoms with Crippen LogP contribution >= 0.6 is 23.2 Å². The molecule has 6 bridgehead atoms. The lowest BCUT2D eigenvalue weighted by atomic mass is 10.1. The Labute approximate surface area is 605 Å². The monoisotopic (exact) mass is 1490 g/mol. The van der Waals surface area contributed by atoms with E-state index in [0.717, 1.165) is 77.8 Å². The van der Waals surface area contributed by atoms with E-state index in [-0.39, 0.29) is 105 Å². The van der Waals surface area contributed by atoms with Gasteiger partial charge in [0.15, 0.2) is 29.0 Å². The van der Waals surface area contributed by atoms with Gasteiger partial charge in [-0.25, -0.2) is 49.3 Å². The number of aromatic nitrogens is 9. The quantitative estimate of drug-likeness (QED) is 0.0497. The number of aryl methyl sites for hydroxylation is 2. The van der Waals surface area contributed by atoms with Gasteiger partial charge in [0.05, 0.1) is 123 Å². The molecule has 3 fully saturated rings. The Bertz CT molecular complexity index is 4490. The van der Waals surface area contributed by atoms with E-state index in [1.165, 1.54) is 58.9 Å². The molecular weight excluding hydrogens is 1420 g/mol. The first-order chi connectivity index (χ1) is 50.4. The molecule has 0 aliphatic carbocycles. The SMILES string of the molecule is Cc1cc(-c2cc(C)c3c(n2)N(C(=O)Nc2cccnc2)[C@H]2CCN3C2)ccn1.O=C(Nc1ncc(OC[C@@H](O)CO)cn1)N1c2nc(-c3cccc(C(F)(F)F)c3)c(Cl)cc2N2CC[C@H]1C2.O=C(Nc1ncc(OC[C@H](O)CO)cn1)N1c2nc(-c3cccc(C(F)(F)F)c3)c(Cl)cc2N2CC[C@H]1C2.